The Hall–Kier alpha value is -2.21. The lowest BCUT2D eigenvalue weighted by Gasteiger charge is -2.31. The first kappa shape index (κ1) is 15.7. The standard InChI is InChI=1S/C17H20N4OS/c22-16(5-4-15-3-1-12-23-15)20-13-14-6-10-21(11-7-14)17-18-8-2-9-19-17/h1-5,8-9,12,14H,6-7,10-11,13H2,(H,20,22)/b5-4+. The first-order valence-electron chi connectivity index (χ1n) is 7.82. The zero-order valence-electron chi connectivity index (χ0n) is 12.9. The van der Waals surface area contributed by atoms with E-state index in [2.05, 4.69) is 20.2 Å². The largest absolute Gasteiger partial charge is 0.352 e. The second-order valence-corrected chi connectivity index (χ2v) is 6.55. The molecule has 0 atom stereocenters. The summed E-state index contributed by atoms with van der Waals surface area (Å²) in [4.78, 5) is 23.7. The molecule has 120 valence electrons. The second kappa shape index (κ2) is 7.87. The van der Waals surface area contributed by atoms with E-state index < -0.39 is 0 Å². The first-order valence-corrected chi connectivity index (χ1v) is 8.70. The summed E-state index contributed by atoms with van der Waals surface area (Å²) in [5, 5.41) is 5.00. The van der Waals surface area contributed by atoms with Gasteiger partial charge in [0, 0.05) is 43.0 Å². The minimum Gasteiger partial charge on any atom is -0.352 e. The summed E-state index contributed by atoms with van der Waals surface area (Å²) in [6.07, 6.45) is 9.11. The lowest BCUT2D eigenvalue weighted by Crippen LogP contribution is -2.39. The molecule has 0 radical (unpaired) electrons. The number of aromatic nitrogens is 2. The summed E-state index contributed by atoms with van der Waals surface area (Å²) in [7, 11) is 0. The average Bonchev–Trinajstić information content (AvgIpc) is 3.13. The maximum Gasteiger partial charge on any atom is 0.244 e. The molecule has 6 heteroatoms. The fraction of sp³-hybridized carbons (Fsp3) is 0.353. The van der Waals surface area contributed by atoms with Gasteiger partial charge in [0.2, 0.25) is 11.9 Å². The monoisotopic (exact) mass is 328 g/mol. The summed E-state index contributed by atoms with van der Waals surface area (Å²) in [6, 6.07) is 5.80. The van der Waals surface area contributed by atoms with Gasteiger partial charge in [0.15, 0.2) is 0 Å². The first-order chi connectivity index (χ1) is 11.3. The van der Waals surface area contributed by atoms with Crippen LogP contribution in [0.2, 0.25) is 0 Å². The Kier molecular flexibility index (Phi) is 5.37. The highest BCUT2D eigenvalue weighted by Crippen LogP contribution is 2.19. The van der Waals surface area contributed by atoms with Crippen molar-refractivity contribution in [2.45, 2.75) is 12.8 Å². The van der Waals surface area contributed by atoms with Gasteiger partial charge in [-0.2, -0.15) is 0 Å². The van der Waals surface area contributed by atoms with Gasteiger partial charge in [-0.25, -0.2) is 9.97 Å². The number of anilines is 1. The summed E-state index contributed by atoms with van der Waals surface area (Å²) >= 11 is 1.63. The van der Waals surface area contributed by atoms with E-state index in [9.17, 15) is 4.79 Å². The normalized spacial score (nSPS) is 15.9. The predicted octanol–water partition coefficient (Wildman–Crippen LogP) is 2.58. The number of hydrogen-bond donors (Lipinski definition) is 1. The van der Waals surface area contributed by atoms with E-state index in [4.69, 9.17) is 0 Å². The minimum absolute atomic E-state index is 0.0211. The van der Waals surface area contributed by atoms with Gasteiger partial charge < -0.3 is 10.2 Å². The topological polar surface area (TPSA) is 58.1 Å². The zero-order valence-corrected chi connectivity index (χ0v) is 13.7. The maximum absolute atomic E-state index is 11.8. The number of nitrogens with one attached hydrogen (secondary N) is 1. The van der Waals surface area contributed by atoms with Crippen molar-refractivity contribution in [2.75, 3.05) is 24.5 Å². The molecule has 0 saturated carbocycles. The smallest absolute Gasteiger partial charge is 0.244 e. The average molecular weight is 328 g/mol. The maximum atomic E-state index is 11.8. The number of hydrogen-bond acceptors (Lipinski definition) is 5. The number of nitrogens with zero attached hydrogens (tertiary/aromatic N) is 3. The minimum atomic E-state index is -0.0211. The molecular formula is C17H20N4OS. The third-order valence-corrected chi connectivity index (χ3v) is 4.79. The Bertz CT molecular complexity index is 634. The van der Waals surface area contributed by atoms with Gasteiger partial charge >= 0.3 is 0 Å². The van der Waals surface area contributed by atoms with Crippen LogP contribution in [-0.4, -0.2) is 35.5 Å². The van der Waals surface area contributed by atoms with Gasteiger partial charge in [0.05, 0.1) is 0 Å². The van der Waals surface area contributed by atoms with Crippen LogP contribution >= 0.6 is 11.3 Å². The zero-order chi connectivity index (χ0) is 15.9. The third-order valence-electron chi connectivity index (χ3n) is 3.96. The van der Waals surface area contributed by atoms with Crippen LogP contribution in [-0.2, 0) is 4.79 Å². The molecule has 1 fully saturated rings. The number of carbonyl (C=O) groups is 1. The van der Waals surface area contributed by atoms with Crippen molar-refractivity contribution in [3.05, 3.63) is 46.9 Å². The number of rotatable bonds is 5. The SMILES string of the molecule is O=C(/C=C/c1cccs1)NCC1CCN(c2ncccn2)CC1. The van der Waals surface area contributed by atoms with Gasteiger partial charge in [-0.05, 0) is 42.3 Å². The summed E-state index contributed by atoms with van der Waals surface area (Å²) in [5.74, 6) is 1.30. The van der Waals surface area contributed by atoms with E-state index >= 15 is 0 Å². The Morgan fingerprint density at radius 3 is 2.78 bits per heavy atom. The molecule has 1 saturated heterocycles. The molecular weight excluding hydrogens is 308 g/mol. The quantitative estimate of drug-likeness (QED) is 0.857. The lowest BCUT2D eigenvalue weighted by atomic mass is 9.97. The molecule has 0 spiro atoms. The molecule has 2 aromatic rings. The Labute approximate surface area is 140 Å². The molecule has 3 heterocycles. The molecule has 1 aliphatic heterocycles. The highest BCUT2D eigenvalue weighted by Gasteiger charge is 2.20. The molecule has 0 bridgehead atoms. The second-order valence-electron chi connectivity index (χ2n) is 5.57. The summed E-state index contributed by atoms with van der Waals surface area (Å²) in [5.41, 5.74) is 0. The van der Waals surface area contributed by atoms with Crippen LogP contribution in [0, 0.1) is 5.92 Å². The van der Waals surface area contributed by atoms with Gasteiger partial charge in [-0.15, -0.1) is 11.3 Å². The van der Waals surface area contributed by atoms with E-state index in [0.29, 0.717) is 5.92 Å². The fourth-order valence-corrected chi connectivity index (χ4v) is 3.26. The predicted molar refractivity (Wildman–Crippen MR) is 93.3 cm³/mol. The molecule has 5 nitrogen and oxygen atoms in total. The van der Waals surface area contributed by atoms with Crippen molar-refractivity contribution in [1.29, 1.82) is 0 Å². The van der Waals surface area contributed by atoms with E-state index in [-0.39, 0.29) is 5.91 Å². The van der Waals surface area contributed by atoms with Gasteiger partial charge in [0.25, 0.3) is 0 Å². The van der Waals surface area contributed by atoms with Crippen LogP contribution < -0.4 is 10.2 Å². The van der Waals surface area contributed by atoms with Crippen molar-refractivity contribution in [1.82, 2.24) is 15.3 Å². The summed E-state index contributed by atoms with van der Waals surface area (Å²) < 4.78 is 0. The number of carbonyl (C=O) groups excluding carboxylic acids is 1. The van der Waals surface area contributed by atoms with Crippen molar-refractivity contribution >= 4 is 29.3 Å². The van der Waals surface area contributed by atoms with Gasteiger partial charge in [-0.1, -0.05) is 6.07 Å². The molecule has 2 aromatic heterocycles. The van der Waals surface area contributed by atoms with E-state index in [1.54, 1.807) is 29.8 Å². The van der Waals surface area contributed by atoms with Crippen LogP contribution in [0.15, 0.2) is 42.0 Å². The molecule has 0 aliphatic carbocycles. The van der Waals surface area contributed by atoms with Crippen LogP contribution in [0.1, 0.15) is 17.7 Å². The molecule has 23 heavy (non-hydrogen) atoms. The van der Waals surface area contributed by atoms with Crippen LogP contribution in [0.4, 0.5) is 5.95 Å². The summed E-state index contributed by atoms with van der Waals surface area (Å²) in [6.45, 7) is 2.61. The molecule has 1 amide bonds. The van der Waals surface area contributed by atoms with E-state index in [1.807, 2.05) is 29.7 Å². The van der Waals surface area contributed by atoms with Gasteiger partial charge in [-0.3, -0.25) is 4.79 Å². The number of thiophene rings is 1. The van der Waals surface area contributed by atoms with E-state index in [0.717, 1.165) is 43.3 Å². The Morgan fingerprint density at radius 1 is 1.30 bits per heavy atom. The molecule has 0 unspecified atom stereocenters. The van der Waals surface area contributed by atoms with Crippen LogP contribution in [0.5, 0.6) is 0 Å². The Balaban J connectivity index is 1.40. The highest BCUT2D eigenvalue weighted by molar-refractivity contribution is 7.10. The van der Waals surface area contributed by atoms with Crippen molar-refractivity contribution in [2.24, 2.45) is 5.92 Å². The molecule has 0 aromatic carbocycles. The molecule has 1 aliphatic rings. The van der Waals surface area contributed by atoms with Crippen molar-refractivity contribution in [3.63, 3.8) is 0 Å². The lowest BCUT2D eigenvalue weighted by molar-refractivity contribution is -0.116. The Morgan fingerprint density at radius 2 is 2.09 bits per heavy atom. The third kappa shape index (κ3) is 4.63. The van der Waals surface area contributed by atoms with Crippen molar-refractivity contribution in [3.8, 4) is 0 Å². The van der Waals surface area contributed by atoms with Crippen LogP contribution in [0.3, 0.4) is 0 Å². The highest BCUT2D eigenvalue weighted by atomic mass is 32.1. The molecule has 3 rings (SSSR count). The van der Waals surface area contributed by atoms with Crippen LogP contribution in [0.25, 0.3) is 6.08 Å². The van der Waals surface area contributed by atoms with E-state index in [1.165, 1.54) is 0 Å². The fourth-order valence-electron chi connectivity index (χ4n) is 2.64. The number of piperidine rings is 1. The van der Waals surface area contributed by atoms with Crippen molar-refractivity contribution < 1.29 is 4.79 Å². The van der Waals surface area contributed by atoms with Gasteiger partial charge in [0.1, 0.15) is 0 Å². The number of amides is 1. The molecule has 1 N–H and O–H groups in total.